The molecule has 0 radical (unpaired) electrons. The molecule has 13 heteroatoms. The summed E-state index contributed by atoms with van der Waals surface area (Å²) in [6, 6.07) is 22.7. The average molecular weight is 747 g/mol. The monoisotopic (exact) mass is 746 g/mol. The lowest BCUT2D eigenvalue weighted by molar-refractivity contribution is -0.0824. The van der Waals surface area contributed by atoms with Crippen molar-refractivity contribution in [2.24, 2.45) is 0 Å². The van der Waals surface area contributed by atoms with Gasteiger partial charge in [-0.3, -0.25) is 14.8 Å². The number of fused-ring (bicyclic) bond motifs is 2. The molecule has 9 nitrogen and oxygen atoms in total. The van der Waals surface area contributed by atoms with E-state index >= 15 is 13.2 Å². The molecule has 4 aromatic rings. The molecule has 1 fully saturated rings. The lowest BCUT2D eigenvalue weighted by Crippen LogP contribution is -2.67. The maximum absolute atomic E-state index is 16.7. The van der Waals surface area contributed by atoms with E-state index in [9.17, 15) is 9.90 Å². The summed E-state index contributed by atoms with van der Waals surface area (Å²) in [5.41, 5.74) is 1.72. The summed E-state index contributed by atoms with van der Waals surface area (Å²) in [5.74, 6) is -3.04. The van der Waals surface area contributed by atoms with Crippen molar-refractivity contribution in [3.05, 3.63) is 108 Å². The largest absolute Gasteiger partial charge is 0.465 e. The number of likely N-dealkylation sites (tertiary alicyclic amines) is 1. The van der Waals surface area contributed by atoms with E-state index in [1.807, 2.05) is 94.4 Å². The van der Waals surface area contributed by atoms with E-state index in [1.165, 1.54) is 17.2 Å². The molecule has 7 rings (SSSR count). The second-order valence-electron chi connectivity index (χ2n) is 15.2. The van der Waals surface area contributed by atoms with E-state index in [0.29, 0.717) is 48.6 Å². The molecule has 1 amide bonds. The maximum atomic E-state index is 16.7. The molecule has 1 saturated heterocycles. The van der Waals surface area contributed by atoms with Crippen molar-refractivity contribution in [1.82, 2.24) is 14.8 Å². The van der Waals surface area contributed by atoms with Crippen LogP contribution in [0, 0.1) is 5.82 Å². The van der Waals surface area contributed by atoms with Crippen LogP contribution >= 0.6 is 0 Å². The Morgan fingerprint density at radius 2 is 1.66 bits per heavy atom. The van der Waals surface area contributed by atoms with Crippen LogP contribution in [0.15, 0.2) is 85.1 Å². The van der Waals surface area contributed by atoms with Crippen LogP contribution in [0.25, 0.3) is 0 Å². The van der Waals surface area contributed by atoms with Gasteiger partial charge in [0.05, 0.1) is 36.8 Å². The quantitative estimate of drug-likeness (QED) is 0.168. The highest BCUT2D eigenvalue weighted by atomic mass is 28.4. The second kappa shape index (κ2) is 14.3. The summed E-state index contributed by atoms with van der Waals surface area (Å²) in [6.07, 6.45) is 1.50. The number of hydrogen-bond donors (Lipinski definition) is 2. The molecule has 0 spiro atoms. The Bertz CT molecular complexity index is 1910. The number of ether oxygens (including phenoxy) is 2. The average Bonchev–Trinajstić information content (AvgIpc) is 3.78. The van der Waals surface area contributed by atoms with Gasteiger partial charge in [0.15, 0.2) is 11.5 Å². The maximum Gasteiger partial charge on any atom is 0.408 e. The predicted molar refractivity (Wildman–Crippen MR) is 198 cm³/mol. The first-order valence-corrected chi connectivity index (χ1v) is 19.9. The summed E-state index contributed by atoms with van der Waals surface area (Å²) >= 11 is 0. The van der Waals surface area contributed by atoms with E-state index in [4.69, 9.17) is 13.9 Å². The van der Waals surface area contributed by atoms with E-state index in [1.54, 1.807) is 11.0 Å². The number of carbonyl (C=O) groups is 1. The van der Waals surface area contributed by atoms with Gasteiger partial charge in [-0.15, -0.1) is 0 Å². The zero-order valence-corrected chi connectivity index (χ0v) is 31.3. The molecule has 3 aliphatic heterocycles. The van der Waals surface area contributed by atoms with Gasteiger partial charge >= 0.3 is 6.09 Å². The standard InChI is InChI=1S/C40H45F3N4O5Si/c1-26-18-27-19-33-34(51-25-50-33)21-31(27)37(36-32(41)20-28(22-44-36)45-35-16-11-17-46(35)38(48)49)47(26)23-40(42,43)24-52-53(39(2,3)4,29-12-7-5-8-13-29)30-14-9-6-10-15-30/h5-10,12-15,19-22,26,35,37,45H,11,16-18,23-25H2,1-4H3,(H,48,49)/t26-,35?,37+/m1/s1. The molecule has 280 valence electrons. The first-order chi connectivity index (χ1) is 25.3. The normalized spacial score (nSPS) is 20.4. The van der Waals surface area contributed by atoms with Crippen LogP contribution in [0.3, 0.4) is 0 Å². The van der Waals surface area contributed by atoms with Crippen molar-refractivity contribution in [2.45, 2.75) is 76.2 Å². The number of anilines is 1. The highest BCUT2D eigenvalue weighted by Crippen LogP contribution is 2.46. The minimum Gasteiger partial charge on any atom is -0.465 e. The SMILES string of the molecule is C[C@@H]1Cc2cc3c(cc2[C@@H](c2ncc(NC4CCCN4C(=O)O)cc2F)N1CC(F)(F)CO[Si](c1ccccc1)(c1ccccc1)C(C)(C)C)OCO3. The molecule has 53 heavy (non-hydrogen) atoms. The van der Waals surface area contributed by atoms with Gasteiger partial charge in [0, 0.05) is 18.7 Å². The van der Waals surface area contributed by atoms with Crippen molar-refractivity contribution in [3.63, 3.8) is 0 Å². The fourth-order valence-electron chi connectivity index (χ4n) is 8.21. The number of carboxylic acid groups (broad SMARTS) is 1. The van der Waals surface area contributed by atoms with Crippen LogP contribution in [0.1, 0.15) is 63.4 Å². The molecule has 1 unspecified atom stereocenters. The Kier molecular flexibility index (Phi) is 9.94. The van der Waals surface area contributed by atoms with E-state index in [0.717, 1.165) is 15.9 Å². The van der Waals surface area contributed by atoms with Crippen LogP contribution in [-0.4, -0.2) is 78.9 Å². The number of pyridine rings is 1. The highest BCUT2D eigenvalue weighted by Gasteiger charge is 2.52. The zero-order chi connectivity index (χ0) is 37.5. The number of alkyl halides is 2. The number of aromatic nitrogens is 1. The number of nitrogens with zero attached hydrogens (tertiary/aromatic N) is 3. The third-order valence-corrected chi connectivity index (χ3v) is 15.6. The smallest absolute Gasteiger partial charge is 0.408 e. The molecule has 1 aromatic heterocycles. The van der Waals surface area contributed by atoms with Crippen LogP contribution < -0.4 is 25.2 Å². The third-order valence-electron chi connectivity index (χ3n) is 10.6. The first kappa shape index (κ1) is 36.8. The second-order valence-corrected chi connectivity index (χ2v) is 19.5. The van der Waals surface area contributed by atoms with Crippen molar-refractivity contribution in [1.29, 1.82) is 0 Å². The van der Waals surface area contributed by atoms with Crippen molar-refractivity contribution in [2.75, 3.05) is 31.8 Å². The first-order valence-electron chi connectivity index (χ1n) is 18.0. The number of hydrogen-bond acceptors (Lipinski definition) is 7. The fraction of sp³-hybridized carbons (Fsp3) is 0.400. The Morgan fingerprint density at radius 1 is 1.02 bits per heavy atom. The Hall–Kier alpha value is -4.59. The van der Waals surface area contributed by atoms with Crippen LogP contribution in [-0.2, 0) is 10.8 Å². The van der Waals surface area contributed by atoms with Crippen molar-refractivity contribution >= 4 is 30.5 Å². The van der Waals surface area contributed by atoms with Gasteiger partial charge in [-0.05, 0) is 64.9 Å². The summed E-state index contributed by atoms with van der Waals surface area (Å²) in [4.78, 5) is 19.1. The fourth-order valence-corrected chi connectivity index (χ4v) is 12.8. The Labute approximate surface area is 308 Å². The number of rotatable bonds is 10. The molecule has 3 aromatic carbocycles. The summed E-state index contributed by atoms with van der Waals surface area (Å²) in [7, 11) is -3.28. The van der Waals surface area contributed by atoms with Gasteiger partial charge in [0.2, 0.25) is 6.79 Å². The number of amides is 1. The van der Waals surface area contributed by atoms with E-state index in [-0.39, 0.29) is 12.5 Å². The molecular weight excluding hydrogens is 702 g/mol. The van der Waals surface area contributed by atoms with Gasteiger partial charge in [0.1, 0.15) is 12.0 Å². The summed E-state index contributed by atoms with van der Waals surface area (Å²) in [6.45, 7) is 6.82. The Morgan fingerprint density at radius 3 is 2.26 bits per heavy atom. The highest BCUT2D eigenvalue weighted by molar-refractivity contribution is 6.99. The zero-order valence-electron chi connectivity index (χ0n) is 30.3. The molecular formula is C40H45F3N4O5Si. The minimum atomic E-state index is -3.35. The molecule has 0 saturated carbocycles. The number of halogens is 3. The van der Waals surface area contributed by atoms with Crippen LogP contribution in [0.2, 0.25) is 5.04 Å². The summed E-state index contributed by atoms with van der Waals surface area (Å²) in [5, 5.41) is 14.0. The van der Waals surface area contributed by atoms with Gasteiger partial charge in [-0.1, -0.05) is 81.4 Å². The van der Waals surface area contributed by atoms with Crippen LogP contribution in [0.4, 0.5) is 23.7 Å². The number of benzene rings is 3. The lowest BCUT2D eigenvalue weighted by Gasteiger charge is -2.45. The van der Waals surface area contributed by atoms with Gasteiger partial charge in [-0.25, -0.2) is 18.0 Å². The van der Waals surface area contributed by atoms with Gasteiger partial charge < -0.3 is 24.3 Å². The molecule has 0 aliphatic carbocycles. The predicted octanol–water partition coefficient (Wildman–Crippen LogP) is 7.01. The van der Waals surface area contributed by atoms with Gasteiger partial charge in [-0.2, -0.15) is 0 Å². The molecule has 3 aliphatic rings. The van der Waals surface area contributed by atoms with Crippen LogP contribution in [0.5, 0.6) is 11.5 Å². The topological polar surface area (TPSA) is 96.4 Å². The van der Waals surface area contributed by atoms with Crippen molar-refractivity contribution in [3.8, 4) is 11.5 Å². The minimum absolute atomic E-state index is 0.0209. The van der Waals surface area contributed by atoms with E-state index in [2.05, 4.69) is 10.3 Å². The number of nitrogens with one attached hydrogen (secondary N) is 1. The van der Waals surface area contributed by atoms with E-state index < -0.39 is 62.6 Å². The third kappa shape index (κ3) is 7.09. The molecule has 4 heterocycles. The van der Waals surface area contributed by atoms with Crippen molar-refractivity contribution < 1.29 is 37.0 Å². The molecule has 2 N–H and O–H groups in total. The lowest BCUT2D eigenvalue weighted by atomic mass is 9.86. The summed E-state index contributed by atoms with van der Waals surface area (Å²) < 4.78 is 67.8. The Balaban J connectivity index is 1.23. The molecule has 0 bridgehead atoms. The molecule has 3 atom stereocenters. The van der Waals surface area contributed by atoms with Gasteiger partial charge in [0.25, 0.3) is 14.2 Å².